The van der Waals surface area contributed by atoms with E-state index in [9.17, 15) is 14.4 Å². The van der Waals surface area contributed by atoms with Gasteiger partial charge in [-0.05, 0) is 32.0 Å². The van der Waals surface area contributed by atoms with Gasteiger partial charge in [0, 0.05) is 34.1 Å². The normalized spacial score (nSPS) is 10.5. The summed E-state index contributed by atoms with van der Waals surface area (Å²) in [5, 5.41) is 2.65. The first kappa shape index (κ1) is 17.8. The van der Waals surface area contributed by atoms with Crippen molar-refractivity contribution in [3.8, 4) is 5.13 Å². The maximum absolute atomic E-state index is 12.5. The van der Waals surface area contributed by atoms with Crippen molar-refractivity contribution in [3.63, 3.8) is 0 Å². The third kappa shape index (κ3) is 3.48. The fraction of sp³-hybridized carbons (Fsp3) is 0.158. The van der Waals surface area contributed by atoms with Gasteiger partial charge in [0.05, 0.1) is 5.56 Å². The van der Waals surface area contributed by atoms with E-state index in [2.05, 4.69) is 4.98 Å². The summed E-state index contributed by atoms with van der Waals surface area (Å²) in [7, 11) is 0. The molecule has 0 aliphatic heterocycles. The van der Waals surface area contributed by atoms with E-state index in [1.807, 2.05) is 23.8 Å². The molecule has 26 heavy (non-hydrogen) atoms. The third-order valence-corrected chi connectivity index (χ3v) is 4.72. The smallest absolute Gasteiger partial charge is 0.338 e. The number of rotatable bonds is 6. The first-order valence-electron chi connectivity index (χ1n) is 7.85. The molecule has 0 aliphatic rings. The number of ketones is 1. The molecule has 0 bridgehead atoms. The Morgan fingerprint density at radius 3 is 2.58 bits per heavy atom. The highest BCUT2D eigenvalue weighted by Gasteiger charge is 2.19. The summed E-state index contributed by atoms with van der Waals surface area (Å²) in [6.45, 7) is 3.38. The van der Waals surface area contributed by atoms with Crippen molar-refractivity contribution in [1.82, 2.24) is 9.55 Å². The molecule has 3 aromatic rings. The van der Waals surface area contributed by atoms with Gasteiger partial charge in [0.2, 0.25) is 5.78 Å². The van der Waals surface area contributed by atoms with Crippen molar-refractivity contribution in [2.75, 3.05) is 6.61 Å². The Bertz CT molecular complexity index is 956. The van der Waals surface area contributed by atoms with Gasteiger partial charge in [-0.1, -0.05) is 12.1 Å². The predicted molar refractivity (Wildman–Crippen MR) is 97.4 cm³/mol. The van der Waals surface area contributed by atoms with E-state index in [-0.39, 0.29) is 18.0 Å². The summed E-state index contributed by atoms with van der Waals surface area (Å²) in [5.41, 5.74) is 2.90. The van der Waals surface area contributed by atoms with Gasteiger partial charge in [0.1, 0.15) is 6.29 Å². The van der Waals surface area contributed by atoms with Crippen molar-refractivity contribution in [2.24, 2.45) is 0 Å². The maximum Gasteiger partial charge on any atom is 0.338 e. The van der Waals surface area contributed by atoms with Crippen LogP contribution in [0.3, 0.4) is 0 Å². The van der Waals surface area contributed by atoms with Crippen molar-refractivity contribution >= 4 is 29.4 Å². The molecule has 2 heterocycles. The lowest BCUT2D eigenvalue weighted by atomic mass is 10.1. The number of benzene rings is 1. The van der Waals surface area contributed by atoms with Gasteiger partial charge in [-0.25, -0.2) is 9.78 Å². The molecule has 0 saturated carbocycles. The van der Waals surface area contributed by atoms with Crippen LogP contribution in [0.15, 0.2) is 41.9 Å². The molecule has 0 fully saturated rings. The van der Waals surface area contributed by atoms with Gasteiger partial charge in [-0.2, -0.15) is 0 Å². The SMILES string of the molecule is Cc1cc(C(=O)COC(=O)c2ccc(C=O)cc2)c(C)n1-c1nccs1. The maximum atomic E-state index is 12.5. The summed E-state index contributed by atoms with van der Waals surface area (Å²) < 4.78 is 7.01. The molecule has 3 rings (SSSR count). The van der Waals surface area contributed by atoms with Gasteiger partial charge >= 0.3 is 5.97 Å². The summed E-state index contributed by atoms with van der Waals surface area (Å²) in [6, 6.07) is 7.79. The standard InChI is InChI=1S/C19H16N2O4S/c1-12-9-16(13(2)21(12)19-20-7-8-26-19)17(23)11-25-18(24)15-5-3-14(10-22)4-6-15/h3-10H,11H2,1-2H3. The van der Waals surface area contributed by atoms with Gasteiger partial charge in [-0.15, -0.1) is 11.3 Å². The second-order valence-corrected chi connectivity index (χ2v) is 6.55. The largest absolute Gasteiger partial charge is 0.454 e. The molecule has 0 N–H and O–H groups in total. The van der Waals surface area contributed by atoms with Crippen molar-refractivity contribution in [3.05, 3.63) is 70.0 Å². The monoisotopic (exact) mass is 368 g/mol. The Labute approximate surface area is 154 Å². The third-order valence-electron chi connectivity index (χ3n) is 3.96. The van der Waals surface area contributed by atoms with Crippen LogP contribution < -0.4 is 0 Å². The lowest BCUT2D eigenvalue weighted by Crippen LogP contribution is -2.15. The lowest BCUT2D eigenvalue weighted by Gasteiger charge is -2.06. The molecule has 0 amide bonds. The molecule has 0 radical (unpaired) electrons. The molecule has 0 aliphatic carbocycles. The fourth-order valence-corrected chi connectivity index (χ4v) is 3.41. The van der Waals surface area contributed by atoms with Gasteiger partial charge in [-0.3, -0.25) is 14.2 Å². The van der Waals surface area contributed by atoms with E-state index in [0.717, 1.165) is 16.5 Å². The van der Waals surface area contributed by atoms with E-state index >= 15 is 0 Å². The second-order valence-electron chi connectivity index (χ2n) is 5.67. The molecule has 6 nitrogen and oxygen atoms in total. The van der Waals surface area contributed by atoms with Crippen LogP contribution in [-0.4, -0.2) is 34.2 Å². The number of ether oxygens (including phenoxy) is 1. The number of aromatic nitrogens is 2. The molecule has 0 spiro atoms. The Morgan fingerprint density at radius 1 is 1.23 bits per heavy atom. The molecule has 0 unspecified atom stereocenters. The minimum atomic E-state index is -0.607. The average molecular weight is 368 g/mol. The quantitative estimate of drug-likeness (QED) is 0.378. The number of carbonyl (C=O) groups excluding carboxylic acids is 3. The number of Topliss-reactive ketones (excluding diaryl/α,β-unsaturated/α-hetero) is 1. The van der Waals surface area contributed by atoms with Crippen LogP contribution in [-0.2, 0) is 4.74 Å². The molecule has 0 saturated heterocycles. The Hall–Kier alpha value is -3.06. The first-order valence-corrected chi connectivity index (χ1v) is 8.73. The number of hydrogen-bond acceptors (Lipinski definition) is 6. The summed E-state index contributed by atoms with van der Waals surface area (Å²) >= 11 is 1.48. The number of esters is 1. The molecule has 1 aromatic carbocycles. The van der Waals surface area contributed by atoms with E-state index < -0.39 is 5.97 Å². The topological polar surface area (TPSA) is 78.3 Å². The van der Waals surface area contributed by atoms with Gasteiger partial charge in [0.15, 0.2) is 11.7 Å². The molecule has 0 atom stereocenters. The van der Waals surface area contributed by atoms with E-state index in [1.165, 1.54) is 35.6 Å². The Kier molecular flexibility index (Phi) is 5.09. The number of aryl methyl sites for hydroxylation is 1. The van der Waals surface area contributed by atoms with Gasteiger partial charge < -0.3 is 4.74 Å². The van der Waals surface area contributed by atoms with Crippen LogP contribution in [0.1, 0.15) is 42.5 Å². The van der Waals surface area contributed by atoms with Crippen LogP contribution in [0.4, 0.5) is 0 Å². The highest BCUT2D eigenvalue weighted by molar-refractivity contribution is 7.12. The van der Waals surface area contributed by atoms with E-state index in [0.29, 0.717) is 17.4 Å². The highest BCUT2D eigenvalue weighted by atomic mass is 32.1. The highest BCUT2D eigenvalue weighted by Crippen LogP contribution is 2.22. The number of thiazole rings is 1. The zero-order valence-corrected chi connectivity index (χ0v) is 15.1. The summed E-state index contributed by atoms with van der Waals surface area (Å²) in [6.07, 6.45) is 2.40. The van der Waals surface area contributed by atoms with Crippen LogP contribution in [0.5, 0.6) is 0 Å². The van der Waals surface area contributed by atoms with Crippen molar-refractivity contribution < 1.29 is 19.1 Å². The predicted octanol–water partition coefficient (Wildman–Crippen LogP) is 3.40. The fourth-order valence-electron chi connectivity index (χ4n) is 2.66. The molecule has 132 valence electrons. The molecular weight excluding hydrogens is 352 g/mol. The van der Waals surface area contributed by atoms with Gasteiger partial charge in [0.25, 0.3) is 0 Å². The lowest BCUT2D eigenvalue weighted by molar-refractivity contribution is 0.0474. The van der Waals surface area contributed by atoms with E-state index in [1.54, 1.807) is 12.3 Å². The van der Waals surface area contributed by atoms with Crippen molar-refractivity contribution in [1.29, 1.82) is 0 Å². The minimum absolute atomic E-state index is 0.279. The van der Waals surface area contributed by atoms with Crippen LogP contribution in [0.2, 0.25) is 0 Å². The van der Waals surface area contributed by atoms with Crippen molar-refractivity contribution in [2.45, 2.75) is 13.8 Å². The zero-order valence-electron chi connectivity index (χ0n) is 14.3. The van der Waals surface area contributed by atoms with Crippen LogP contribution in [0.25, 0.3) is 5.13 Å². The molecule has 7 heteroatoms. The van der Waals surface area contributed by atoms with Crippen LogP contribution >= 0.6 is 11.3 Å². The van der Waals surface area contributed by atoms with E-state index in [4.69, 9.17) is 4.74 Å². The number of carbonyl (C=O) groups is 3. The van der Waals surface area contributed by atoms with Crippen LogP contribution in [0, 0.1) is 13.8 Å². The Balaban J connectivity index is 1.71. The Morgan fingerprint density at radius 2 is 1.96 bits per heavy atom. The summed E-state index contributed by atoms with van der Waals surface area (Å²) in [4.78, 5) is 39.4. The molecular formula is C19H16N2O4S. The average Bonchev–Trinajstić information content (AvgIpc) is 3.27. The number of aldehydes is 1. The summed E-state index contributed by atoms with van der Waals surface area (Å²) in [5.74, 6) is -0.886. The number of hydrogen-bond donors (Lipinski definition) is 0. The zero-order chi connectivity index (χ0) is 18.7. The first-order chi connectivity index (χ1) is 12.5. The molecule has 2 aromatic heterocycles. The minimum Gasteiger partial charge on any atom is -0.454 e. The number of nitrogens with zero attached hydrogens (tertiary/aromatic N) is 2. The second kappa shape index (κ2) is 7.45.